The van der Waals surface area contributed by atoms with Gasteiger partial charge in [-0.3, -0.25) is 4.79 Å². The van der Waals surface area contributed by atoms with Crippen LogP contribution in [0.25, 0.3) is 0 Å². The molecule has 0 fully saturated rings. The molecule has 1 aromatic carbocycles. The third-order valence-corrected chi connectivity index (χ3v) is 2.71. The summed E-state index contributed by atoms with van der Waals surface area (Å²) in [5.41, 5.74) is 2.10. The molecule has 0 bridgehead atoms. The number of aryl methyl sites for hydroxylation is 2. The molecule has 5 heteroatoms. The number of esters is 1. The van der Waals surface area contributed by atoms with Crippen molar-refractivity contribution in [1.29, 1.82) is 0 Å². The maximum Gasteiger partial charge on any atom is 0.328 e. The molecule has 0 aliphatic carbocycles. The van der Waals surface area contributed by atoms with E-state index in [1.807, 2.05) is 32.0 Å². The highest BCUT2D eigenvalue weighted by atomic mass is 16.5. The number of hydrogen-bond donors (Lipinski definition) is 1. The molecule has 1 atom stereocenters. The van der Waals surface area contributed by atoms with E-state index in [0.29, 0.717) is 5.75 Å². The fourth-order valence-electron chi connectivity index (χ4n) is 1.71. The van der Waals surface area contributed by atoms with Crippen molar-refractivity contribution in [3.8, 4) is 5.75 Å². The average molecular weight is 279 g/mol. The second-order valence-electron chi connectivity index (χ2n) is 4.60. The molecule has 0 radical (unpaired) electrons. The molecule has 110 valence electrons. The molecule has 1 N–H and O–H groups in total. The zero-order valence-corrected chi connectivity index (χ0v) is 12.4. The number of benzene rings is 1. The van der Waals surface area contributed by atoms with E-state index >= 15 is 0 Å². The zero-order chi connectivity index (χ0) is 15.1. The standard InChI is InChI=1S/C15H21NO4/c1-5-19-15(18)12(4)16-14(17)9-20-13-7-6-10(2)8-11(13)3/h6-8,12H,5,9H2,1-4H3,(H,16,17). The Bertz CT molecular complexity index is 485. The fourth-order valence-corrected chi connectivity index (χ4v) is 1.71. The minimum absolute atomic E-state index is 0.131. The summed E-state index contributed by atoms with van der Waals surface area (Å²) in [6.07, 6.45) is 0. The Morgan fingerprint density at radius 2 is 2.00 bits per heavy atom. The Morgan fingerprint density at radius 3 is 2.60 bits per heavy atom. The summed E-state index contributed by atoms with van der Waals surface area (Å²) in [6, 6.07) is 5.05. The predicted octanol–water partition coefficient (Wildman–Crippen LogP) is 1.75. The van der Waals surface area contributed by atoms with Gasteiger partial charge in [0.2, 0.25) is 0 Å². The maximum absolute atomic E-state index is 11.7. The van der Waals surface area contributed by atoms with E-state index in [0.717, 1.165) is 11.1 Å². The van der Waals surface area contributed by atoms with E-state index in [-0.39, 0.29) is 19.1 Å². The quantitative estimate of drug-likeness (QED) is 0.806. The maximum atomic E-state index is 11.7. The summed E-state index contributed by atoms with van der Waals surface area (Å²) in [5, 5.41) is 2.53. The third kappa shape index (κ3) is 4.91. The first-order valence-electron chi connectivity index (χ1n) is 6.60. The first kappa shape index (κ1) is 16.0. The van der Waals surface area contributed by atoms with Gasteiger partial charge in [-0.15, -0.1) is 0 Å². The van der Waals surface area contributed by atoms with E-state index in [9.17, 15) is 9.59 Å². The Labute approximate surface area is 119 Å². The van der Waals surface area contributed by atoms with Gasteiger partial charge in [0, 0.05) is 0 Å². The molecule has 0 saturated heterocycles. The lowest BCUT2D eigenvalue weighted by atomic mass is 10.1. The summed E-state index contributed by atoms with van der Waals surface area (Å²) in [7, 11) is 0. The fraction of sp³-hybridized carbons (Fsp3) is 0.467. The second-order valence-corrected chi connectivity index (χ2v) is 4.60. The van der Waals surface area contributed by atoms with Crippen molar-refractivity contribution >= 4 is 11.9 Å². The van der Waals surface area contributed by atoms with E-state index in [1.54, 1.807) is 13.8 Å². The Hall–Kier alpha value is -2.04. The highest BCUT2D eigenvalue weighted by Crippen LogP contribution is 2.18. The molecule has 0 saturated carbocycles. The normalized spacial score (nSPS) is 11.6. The second kappa shape index (κ2) is 7.53. The van der Waals surface area contributed by atoms with E-state index in [4.69, 9.17) is 9.47 Å². The van der Waals surface area contributed by atoms with Crippen LogP contribution in [0.3, 0.4) is 0 Å². The molecule has 0 aromatic heterocycles. The highest BCUT2D eigenvalue weighted by Gasteiger charge is 2.16. The van der Waals surface area contributed by atoms with Gasteiger partial charge in [0.05, 0.1) is 6.61 Å². The predicted molar refractivity (Wildman–Crippen MR) is 75.6 cm³/mol. The molecule has 0 aliphatic heterocycles. The SMILES string of the molecule is CCOC(=O)C(C)NC(=O)COc1ccc(C)cc1C. The summed E-state index contributed by atoms with van der Waals surface area (Å²) >= 11 is 0. The highest BCUT2D eigenvalue weighted by molar-refractivity contribution is 5.84. The van der Waals surface area contributed by atoms with Gasteiger partial charge >= 0.3 is 5.97 Å². The lowest BCUT2D eigenvalue weighted by Crippen LogP contribution is -2.41. The molecule has 1 unspecified atom stereocenters. The smallest absolute Gasteiger partial charge is 0.328 e. The minimum atomic E-state index is -0.676. The molecule has 1 rings (SSSR count). The van der Waals surface area contributed by atoms with Crippen LogP contribution in [0.4, 0.5) is 0 Å². The van der Waals surface area contributed by atoms with Gasteiger partial charge in [0.1, 0.15) is 11.8 Å². The molecule has 5 nitrogen and oxygen atoms in total. The number of rotatable bonds is 6. The van der Waals surface area contributed by atoms with Crippen molar-refractivity contribution in [2.24, 2.45) is 0 Å². The molecule has 20 heavy (non-hydrogen) atoms. The molecule has 1 aromatic rings. The first-order chi connectivity index (χ1) is 9.43. The van der Waals surface area contributed by atoms with Crippen molar-refractivity contribution in [2.45, 2.75) is 33.7 Å². The van der Waals surface area contributed by atoms with Crippen LogP contribution in [0, 0.1) is 13.8 Å². The lowest BCUT2D eigenvalue weighted by Gasteiger charge is -2.14. The lowest BCUT2D eigenvalue weighted by molar-refractivity contribution is -0.147. The topological polar surface area (TPSA) is 64.6 Å². The van der Waals surface area contributed by atoms with Gasteiger partial charge in [-0.05, 0) is 39.3 Å². The van der Waals surface area contributed by atoms with Crippen molar-refractivity contribution < 1.29 is 19.1 Å². The average Bonchev–Trinajstić information content (AvgIpc) is 2.37. The number of hydrogen-bond acceptors (Lipinski definition) is 4. The number of ether oxygens (including phenoxy) is 2. The third-order valence-electron chi connectivity index (χ3n) is 2.71. The van der Waals surface area contributed by atoms with Gasteiger partial charge in [0.25, 0.3) is 5.91 Å². The molecule has 0 spiro atoms. The largest absolute Gasteiger partial charge is 0.484 e. The van der Waals surface area contributed by atoms with Gasteiger partial charge in [0.15, 0.2) is 6.61 Å². The van der Waals surface area contributed by atoms with Gasteiger partial charge < -0.3 is 14.8 Å². The molecule has 0 aliphatic rings. The van der Waals surface area contributed by atoms with Gasteiger partial charge in [-0.25, -0.2) is 4.79 Å². The van der Waals surface area contributed by atoms with Crippen LogP contribution in [0.15, 0.2) is 18.2 Å². The zero-order valence-electron chi connectivity index (χ0n) is 12.4. The van der Waals surface area contributed by atoms with Crippen molar-refractivity contribution in [2.75, 3.05) is 13.2 Å². The summed E-state index contributed by atoms with van der Waals surface area (Å²) in [5.74, 6) is -0.146. The summed E-state index contributed by atoms with van der Waals surface area (Å²) in [4.78, 5) is 23.0. The Kier molecular flexibility index (Phi) is 6.03. The molecule has 1 amide bonds. The number of carbonyl (C=O) groups is 2. The number of carbonyl (C=O) groups excluding carboxylic acids is 2. The van der Waals surface area contributed by atoms with E-state index in [1.165, 1.54) is 0 Å². The van der Waals surface area contributed by atoms with Crippen molar-refractivity contribution in [3.05, 3.63) is 29.3 Å². The van der Waals surface area contributed by atoms with Gasteiger partial charge in [-0.1, -0.05) is 17.7 Å². The van der Waals surface area contributed by atoms with Gasteiger partial charge in [-0.2, -0.15) is 0 Å². The Balaban J connectivity index is 2.45. The van der Waals surface area contributed by atoms with Crippen molar-refractivity contribution in [3.63, 3.8) is 0 Å². The first-order valence-corrected chi connectivity index (χ1v) is 6.60. The van der Waals surface area contributed by atoms with E-state index < -0.39 is 12.0 Å². The van der Waals surface area contributed by atoms with E-state index in [2.05, 4.69) is 5.32 Å². The molecule has 0 heterocycles. The van der Waals surface area contributed by atoms with Crippen LogP contribution in [0.2, 0.25) is 0 Å². The number of nitrogens with one attached hydrogen (secondary N) is 1. The number of amides is 1. The summed E-state index contributed by atoms with van der Waals surface area (Å²) < 4.78 is 10.2. The van der Waals surface area contributed by atoms with Crippen LogP contribution in [0.1, 0.15) is 25.0 Å². The van der Waals surface area contributed by atoms with Crippen molar-refractivity contribution in [1.82, 2.24) is 5.32 Å². The monoisotopic (exact) mass is 279 g/mol. The Morgan fingerprint density at radius 1 is 1.30 bits per heavy atom. The summed E-state index contributed by atoms with van der Waals surface area (Å²) in [6.45, 7) is 7.36. The molecular formula is C15H21NO4. The van der Waals surface area contributed by atoms with Crippen LogP contribution in [-0.4, -0.2) is 31.1 Å². The van der Waals surface area contributed by atoms with Crippen LogP contribution in [-0.2, 0) is 14.3 Å². The van der Waals surface area contributed by atoms with Crippen LogP contribution < -0.4 is 10.1 Å². The molecular weight excluding hydrogens is 258 g/mol. The van der Waals surface area contributed by atoms with Crippen LogP contribution >= 0.6 is 0 Å². The minimum Gasteiger partial charge on any atom is -0.484 e. The van der Waals surface area contributed by atoms with Crippen LogP contribution in [0.5, 0.6) is 5.75 Å².